The Morgan fingerprint density at radius 1 is 1.03 bits per heavy atom. The lowest BCUT2D eigenvalue weighted by Gasteiger charge is -2.15. The molecule has 2 rings (SSSR count). The quantitative estimate of drug-likeness (QED) is 0.291. The van der Waals surface area contributed by atoms with Gasteiger partial charge < -0.3 is 14.2 Å². The van der Waals surface area contributed by atoms with Crippen LogP contribution in [-0.2, 0) is 15.7 Å². The topological polar surface area (TPSA) is 44.8 Å². The maximum Gasteiger partial charge on any atom is 0.416 e. The third-order valence-electron chi connectivity index (χ3n) is 4.20. The van der Waals surface area contributed by atoms with Crippen molar-refractivity contribution in [3.63, 3.8) is 0 Å². The van der Waals surface area contributed by atoms with E-state index >= 15 is 0 Å². The summed E-state index contributed by atoms with van der Waals surface area (Å²) in [6.45, 7) is 4.07. The lowest BCUT2D eigenvalue weighted by molar-refractivity contribution is -0.151. The average molecular weight is 445 g/mol. The Hall–Kier alpha value is -2.41. The van der Waals surface area contributed by atoms with Crippen LogP contribution in [-0.4, -0.2) is 18.7 Å². The zero-order valence-corrected chi connectivity index (χ0v) is 17.6. The number of alkyl halides is 3. The largest absolute Gasteiger partial charge is 0.479 e. The number of esters is 1. The molecule has 0 bridgehead atoms. The molecule has 164 valence electrons. The van der Waals surface area contributed by atoms with Gasteiger partial charge in [-0.15, -0.1) is 0 Å². The van der Waals surface area contributed by atoms with Crippen molar-refractivity contribution in [1.29, 1.82) is 0 Å². The summed E-state index contributed by atoms with van der Waals surface area (Å²) in [5.74, 6) is 0.438. The Morgan fingerprint density at radius 3 is 2.30 bits per heavy atom. The first kappa shape index (κ1) is 23.9. The molecule has 8 heteroatoms. The summed E-state index contributed by atoms with van der Waals surface area (Å²) < 4.78 is 54.4. The number of carbonyl (C=O) groups is 1. The van der Waals surface area contributed by atoms with E-state index < -0.39 is 23.8 Å². The monoisotopic (exact) mass is 444 g/mol. The summed E-state index contributed by atoms with van der Waals surface area (Å²) in [5.41, 5.74) is -0.852. The third-order valence-corrected chi connectivity index (χ3v) is 4.49. The van der Waals surface area contributed by atoms with Crippen molar-refractivity contribution in [3.05, 3.63) is 53.1 Å². The fourth-order valence-electron chi connectivity index (χ4n) is 2.54. The van der Waals surface area contributed by atoms with Gasteiger partial charge in [0.25, 0.3) is 0 Å². The van der Waals surface area contributed by atoms with Crippen molar-refractivity contribution >= 4 is 17.6 Å². The van der Waals surface area contributed by atoms with Crippen LogP contribution in [0.3, 0.4) is 0 Å². The van der Waals surface area contributed by atoms with Crippen molar-refractivity contribution in [2.75, 3.05) is 6.61 Å². The molecule has 0 fully saturated rings. The lowest BCUT2D eigenvalue weighted by atomic mass is 10.2. The normalized spacial score (nSPS) is 12.3. The molecule has 0 spiro atoms. The zero-order chi connectivity index (χ0) is 22.1. The van der Waals surface area contributed by atoms with E-state index in [1.165, 1.54) is 0 Å². The van der Waals surface area contributed by atoms with Crippen LogP contribution in [0, 0.1) is 0 Å². The highest BCUT2D eigenvalue weighted by Gasteiger charge is 2.31. The summed E-state index contributed by atoms with van der Waals surface area (Å²) in [5, 5.41) is -0.152. The summed E-state index contributed by atoms with van der Waals surface area (Å²) in [7, 11) is 0. The van der Waals surface area contributed by atoms with E-state index in [4.69, 9.17) is 25.8 Å². The number of unbranched alkanes of at least 4 members (excludes halogenated alkanes) is 3. The molecule has 0 aliphatic heterocycles. The molecule has 0 saturated carbocycles. The van der Waals surface area contributed by atoms with Gasteiger partial charge >= 0.3 is 12.1 Å². The predicted octanol–water partition coefficient (Wildman–Crippen LogP) is 7.04. The van der Waals surface area contributed by atoms with Gasteiger partial charge in [0.2, 0.25) is 0 Å². The highest BCUT2D eigenvalue weighted by molar-refractivity contribution is 6.32. The number of ether oxygens (including phenoxy) is 3. The maximum atomic E-state index is 12.7. The van der Waals surface area contributed by atoms with Gasteiger partial charge in [0.1, 0.15) is 17.2 Å². The summed E-state index contributed by atoms with van der Waals surface area (Å²) >= 11 is 5.89. The Morgan fingerprint density at radius 2 is 1.70 bits per heavy atom. The van der Waals surface area contributed by atoms with Gasteiger partial charge in [-0.1, -0.05) is 37.8 Å². The molecule has 0 N–H and O–H groups in total. The molecule has 0 aliphatic carbocycles. The first-order valence-electron chi connectivity index (χ1n) is 9.68. The van der Waals surface area contributed by atoms with Crippen molar-refractivity contribution in [1.82, 2.24) is 0 Å². The van der Waals surface area contributed by atoms with E-state index in [-0.39, 0.29) is 10.8 Å². The molecule has 0 aromatic heterocycles. The summed E-state index contributed by atoms with van der Waals surface area (Å²) in [4.78, 5) is 12.0. The molecule has 0 saturated heterocycles. The number of hydrogen-bond donors (Lipinski definition) is 0. The molecule has 2 aromatic rings. The van der Waals surface area contributed by atoms with Crippen molar-refractivity contribution < 1.29 is 32.2 Å². The van der Waals surface area contributed by atoms with Crippen LogP contribution >= 0.6 is 11.6 Å². The van der Waals surface area contributed by atoms with Gasteiger partial charge in [0.15, 0.2) is 6.10 Å². The number of carbonyl (C=O) groups excluding carboxylic acids is 1. The van der Waals surface area contributed by atoms with E-state index in [1.54, 1.807) is 31.2 Å². The molecular weight excluding hydrogens is 421 g/mol. The van der Waals surface area contributed by atoms with E-state index in [0.29, 0.717) is 18.1 Å². The van der Waals surface area contributed by atoms with Gasteiger partial charge in [-0.25, -0.2) is 4.79 Å². The molecule has 4 nitrogen and oxygen atoms in total. The van der Waals surface area contributed by atoms with Crippen LogP contribution in [0.15, 0.2) is 42.5 Å². The molecule has 1 unspecified atom stereocenters. The van der Waals surface area contributed by atoms with E-state index in [9.17, 15) is 18.0 Å². The smallest absolute Gasteiger partial charge is 0.416 e. The molecule has 2 aromatic carbocycles. The lowest BCUT2D eigenvalue weighted by Crippen LogP contribution is -2.26. The Labute approximate surface area is 178 Å². The fourth-order valence-corrected chi connectivity index (χ4v) is 2.76. The van der Waals surface area contributed by atoms with E-state index in [1.807, 2.05) is 0 Å². The van der Waals surface area contributed by atoms with Gasteiger partial charge in [-0.05, 0) is 55.8 Å². The predicted molar refractivity (Wildman–Crippen MR) is 108 cm³/mol. The summed E-state index contributed by atoms with van der Waals surface area (Å²) in [6.07, 6.45) is -1.19. The van der Waals surface area contributed by atoms with Crippen LogP contribution in [0.4, 0.5) is 13.2 Å². The minimum Gasteiger partial charge on any atom is -0.479 e. The zero-order valence-electron chi connectivity index (χ0n) is 16.8. The maximum absolute atomic E-state index is 12.7. The van der Waals surface area contributed by atoms with Crippen LogP contribution in [0.2, 0.25) is 5.02 Å². The second-order valence-corrected chi connectivity index (χ2v) is 7.11. The highest BCUT2D eigenvalue weighted by Crippen LogP contribution is 2.36. The van der Waals surface area contributed by atoms with Gasteiger partial charge in [0.05, 0.1) is 17.2 Å². The Kier molecular flexibility index (Phi) is 8.84. The van der Waals surface area contributed by atoms with Crippen LogP contribution < -0.4 is 9.47 Å². The molecule has 0 amide bonds. The molecular formula is C22H24ClF3O4. The van der Waals surface area contributed by atoms with Crippen molar-refractivity contribution in [3.8, 4) is 17.2 Å². The SMILES string of the molecule is CCCCCCOC(=O)C(C)Oc1ccc(Oc2ccc(C(F)(F)F)cc2Cl)cc1. The highest BCUT2D eigenvalue weighted by atomic mass is 35.5. The first-order valence-corrected chi connectivity index (χ1v) is 10.1. The Bertz CT molecular complexity index is 822. The second-order valence-electron chi connectivity index (χ2n) is 6.70. The third kappa shape index (κ3) is 7.44. The van der Waals surface area contributed by atoms with Crippen molar-refractivity contribution in [2.45, 2.75) is 51.8 Å². The molecule has 0 heterocycles. The van der Waals surface area contributed by atoms with Gasteiger partial charge in [0, 0.05) is 0 Å². The molecule has 30 heavy (non-hydrogen) atoms. The Balaban J connectivity index is 1.88. The number of benzene rings is 2. The molecule has 1 atom stereocenters. The fraction of sp³-hybridized carbons (Fsp3) is 0.409. The second kappa shape index (κ2) is 11.1. The van der Waals surface area contributed by atoms with Crippen LogP contribution in [0.5, 0.6) is 17.2 Å². The van der Waals surface area contributed by atoms with Gasteiger partial charge in [-0.2, -0.15) is 13.2 Å². The molecule has 0 aliphatic rings. The standard InChI is InChI=1S/C22H24ClF3O4/c1-3-4-5-6-13-28-21(27)15(2)29-17-8-10-18(11-9-17)30-20-12-7-16(14-19(20)23)22(24,25)26/h7-12,14-15H,3-6,13H2,1-2H3. The van der Waals surface area contributed by atoms with E-state index in [2.05, 4.69) is 6.92 Å². The minimum absolute atomic E-state index is 0.0957. The van der Waals surface area contributed by atoms with Crippen LogP contribution in [0.25, 0.3) is 0 Å². The average Bonchev–Trinajstić information content (AvgIpc) is 2.69. The number of hydrogen-bond acceptors (Lipinski definition) is 4. The number of rotatable bonds is 10. The van der Waals surface area contributed by atoms with E-state index in [0.717, 1.165) is 43.9 Å². The van der Waals surface area contributed by atoms with Crippen LogP contribution in [0.1, 0.15) is 45.1 Å². The van der Waals surface area contributed by atoms with Crippen molar-refractivity contribution in [2.24, 2.45) is 0 Å². The first-order chi connectivity index (χ1) is 14.2. The molecule has 0 radical (unpaired) electrons. The summed E-state index contributed by atoms with van der Waals surface area (Å²) in [6, 6.07) is 9.15. The van der Waals surface area contributed by atoms with Gasteiger partial charge in [-0.3, -0.25) is 0 Å². The number of halogens is 4. The minimum atomic E-state index is -4.48.